The highest BCUT2D eigenvalue weighted by Gasteiger charge is 2.01. The highest BCUT2D eigenvalue weighted by molar-refractivity contribution is 5.20. The van der Waals surface area contributed by atoms with E-state index in [9.17, 15) is 4.39 Å². The smallest absolute Gasteiger partial charge is 0.0962 e. The number of alkyl halides is 1. The summed E-state index contributed by atoms with van der Waals surface area (Å²) in [5.41, 5.74) is 0.963. The number of hydrogen-bond acceptors (Lipinski definition) is 0. The molecule has 1 aromatic carbocycles. The Morgan fingerprint density at radius 3 is 2.40 bits per heavy atom. The Labute approximate surface area is 60.7 Å². The average Bonchev–Trinajstić information content (AvgIpc) is 2.05. The largest absolute Gasteiger partial charge is 0.250 e. The van der Waals surface area contributed by atoms with Gasteiger partial charge in [0.25, 0.3) is 0 Å². The van der Waals surface area contributed by atoms with E-state index in [1.807, 2.05) is 30.3 Å². The lowest BCUT2D eigenvalue weighted by Gasteiger charge is -2.04. The third-order valence-corrected chi connectivity index (χ3v) is 1.46. The van der Waals surface area contributed by atoms with Gasteiger partial charge in [-0.15, -0.1) is 0 Å². The molecule has 0 heterocycles. The number of rotatable bonds is 2. The Balaban J connectivity index is 2.75. The van der Waals surface area contributed by atoms with E-state index in [4.69, 9.17) is 0 Å². The molecular formula is C9H10F. The van der Waals surface area contributed by atoms with Gasteiger partial charge in [-0.1, -0.05) is 30.3 Å². The SMILES string of the molecule is [CH2]C(CF)c1ccccc1. The predicted octanol–water partition coefficient (Wildman–Crippen LogP) is 2.57. The van der Waals surface area contributed by atoms with Gasteiger partial charge in [-0.3, -0.25) is 4.39 Å². The molecule has 0 aliphatic carbocycles. The van der Waals surface area contributed by atoms with Crippen molar-refractivity contribution >= 4 is 0 Å². The molecule has 1 rings (SSSR count). The van der Waals surface area contributed by atoms with Gasteiger partial charge in [0.1, 0.15) is 0 Å². The van der Waals surface area contributed by atoms with Crippen LogP contribution in [0.15, 0.2) is 30.3 Å². The van der Waals surface area contributed by atoms with Gasteiger partial charge < -0.3 is 0 Å². The maximum Gasteiger partial charge on any atom is 0.0962 e. The van der Waals surface area contributed by atoms with E-state index in [1.165, 1.54) is 0 Å². The third-order valence-electron chi connectivity index (χ3n) is 1.46. The summed E-state index contributed by atoms with van der Waals surface area (Å²) in [5, 5.41) is 0. The van der Waals surface area contributed by atoms with Crippen molar-refractivity contribution in [3.63, 3.8) is 0 Å². The van der Waals surface area contributed by atoms with Crippen LogP contribution in [-0.2, 0) is 0 Å². The van der Waals surface area contributed by atoms with Crippen molar-refractivity contribution < 1.29 is 4.39 Å². The molecule has 53 valence electrons. The quantitative estimate of drug-likeness (QED) is 0.587. The Bertz CT molecular complexity index is 181. The average molecular weight is 137 g/mol. The van der Waals surface area contributed by atoms with Crippen LogP contribution in [0, 0.1) is 6.92 Å². The number of halogens is 1. The molecule has 1 radical (unpaired) electrons. The Morgan fingerprint density at radius 1 is 1.30 bits per heavy atom. The molecule has 0 aliphatic heterocycles. The van der Waals surface area contributed by atoms with Gasteiger partial charge in [-0.25, -0.2) is 0 Å². The van der Waals surface area contributed by atoms with Crippen LogP contribution in [0.5, 0.6) is 0 Å². The summed E-state index contributed by atoms with van der Waals surface area (Å²) < 4.78 is 12.0. The van der Waals surface area contributed by atoms with E-state index in [1.54, 1.807) is 0 Å². The van der Waals surface area contributed by atoms with Crippen molar-refractivity contribution in [2.45, 2.75) is 5.92 Å². The monoisotopic (exact) mass is 137 g/mol. The zero-order valence-electron chi connectivity index (χ0n) is 5.76. The van der Waals surface area contributed by atoms with Crippen molar-refractivity contribution in [3.8, 4) is 0 Å². The van der Waals surface area contributed by atoms with Crippen molar-refractivity contribution in [1.29, 1.82) is 0 Å². The second kappa shape index (κ2) is 3.35. The summed E-state index contributed by atoms with van der Waals surface area (Å²) in [6.45, 7) is 3.27. The summed E-state index contributed by atoms with van der Waals surface area (Å²) in [5.74, 6) is -0.207. The first-order chi connectivity index (χ1) is 4.84. The van der Waals surface area contributed by atoms with Crippen LogP contribution in [0.4, 0.5) is 4.39 Å². The van der Waals surface area contributed by atoms with Crippen LogP contribution in [0.25, 0.3) is 0 Å². The Hall–Kier alpha value is -0.850. The Morgan fingerprint density at radius 2 is 1.90 bits per heavy atom. The van der Waals surface area contributed by atoms with Gasteiger partial charge in [-0.2, -0.15) is 0 Å². The fraction of sp³-hybridized carbons (Fsp3) is 0.222. The van der Waals surface area contributed by atoms with Crippen LogP contribution in [0.1, 0.15) is 11.5 Å². The third kappa shape index (κ3) is 1.56. The van der Waals surface area contributed by atoms with E-state index in [0.29, 0.717) is 0 Å². The van der Waals surface area contributed by atoms with Gasteiger partial charge >= 0.3 is 0 Å². The second-order valence-electron chi connectivity index (χ2n) is 2.26. The van der Waals surface area contributed by atoms with E-state index >= 15 is 0 Å². The molecule has 0 bridgehead atoms. The zero-order valence-corrected chi connectivity index (χ0v) is 5.76. The molecule has 0 saturated heterocycles. The second-order valence-corrected chi connectivity index (χ2v) is 2.26. The fourth-order valence-corrected chi connectivity index (χ4v) is 0.814. The summed E-state index contributed by atoms with van der Waals surface area (Å²) in [4.78, 5) is 0. The fourth-order valence-electron chi connectivity index (χ4n) is 0.814. The molecule has 1 aromatic rings. The summed E-state index contributed by atoms with van der Waals surface area (Å²) in [7, 11) is 0. The van der Waals surface area contributed by atoms with Gasteiger partial charge in [0, 0.05) is 5.92 Å². The van der Waals surface area contributed by atoms with Crippen molar-refractivity contribution in [2.75, 3.05) is 6.67 Å². The van der Waals surface area contributed by atoms with Gasteiger partial charge in [0.15, 0.2) is 0 Å². The molecule has 0 aliphatic rings. The molecule has 1 unspecified atom stereocenters. The molecule has 0 nitrogen and oxygen atoms in total. The lowest BCUT2D eigenvalue weighted by atomic mass is 10.0. The number of hydrogen-bond donors (Lipinski definition) is 0. The van der Waals surface area contributed by atoms with Gasteiger partial charge in [0.05, 0.1) is 6.67 Å². The molecule has 10 heavy (non-hydrogen) atoms. The first-order valence-electron chi connectivity index (χ1n) is 3.28. The first-order valence-corrected chi connectivity index (χ1v) is 3.28. The molecule has 0 fully saturated rings. The molecule has 0 spiro atoms. The minimum atomic E-state index is -0.385. The van der Waals surface area contributed by atoms with E-state index < -0.39 is 0 Å². The van der Waals surface area contributed by atoms with E-state index in [-0.39, 0.29) is 12.6 Å². The molecular weight excluding hydrogens is 127 g/mol. The lowest BCUT2D eigenvalue weighted by molar-refractivity contribution is 0.465. The van der Waals surface area contributed by atoms with Crippen molar-refractivity contribution in [1.82, 2.24) is 0 Å². The van der Waals surface area contributed by atoms with E-state index in [0.717, 1.165) is 5.56 Å². The van der Waals surface area contributed by atoms with Gasteiger partial charge in [-0.05, 0) is 12.5 Å². The highest BCUT2D eigenvalue weighted by atomic mass is 19.1. The van der Waals surface area contributed by atoms with Crippen molar-refractivity contribution in [3.05, 3.63) is 42.8 Å². The zero-order chi connectivity index (χ0) is 7.40. The van der Waals surface area contributed by atoms with E-state index in [2.05, 4.69) is 6.92 Å². The summed E-state index contributed by atoms with van der Waals surface area (Å²) >= 11 is 0. The molecule has 1 heteroatoms. The van der Waals surface area contributed by atoms with Crippen LogP contribution < -0.4 is 0 Å². The maximum absolute atomic E-state index is 12.0. The number of benzene rings is 1. The normalized spacial score (nSPS) is 13.0. The summed E-state index contributed by atoms with van der Waals surface area (Å²) in [6.07, 6.45) is 0. The molecule has 0 amide bonds. The van der Waals surface area contributed by atoms with Crippen LogP contribution in [0.2, 0.25) is 0 Å². The first kappa shape index (κ1) is 7.26. The maximum atomic E-state index is 12.0. The van der Waals surface area contributed by atoms with Crippen LogP contribution in [-0.4, -0.2) is 6.67 Å². The predicted molar refractivity (Wildman–Crippen MR) is 40.5 cm³/mol. The molecule has 0 aromatic heterocycles. The Kier molecular flexibility index (Phi) is 2.43. The standard InChI is InChI=1S/C9H10F/c1-8(7-10)9-5-3-2-4-6-9/h2-6,8H,1,7H2. The van der Waals surface area contributed by atoms with Crippen molar-refractivity contribution in [2.24, 2.45) is 0 Å². The van der Waals surface area contributed by atoms with Crippen LogP contribution >= 0.6 is 0 Å². The lowest BCUT2D eigenvalue weighted by Crippen LogP contribution is -1.93. The molecule has 1 atom stereocenters. The summed E-state index contributed by atoms with van der Waals surface area (Å²) in [6, 6.07) is 9.47. The minimum Gasteiger partial charge on any atom is -0.250 e. The van der Waals surface area contributed by atoms with Gasteiger partial charge in [0.2, 0.25) is 0 Å². The minimum absolute atomic E-state index is 0.207. The van der Waals surface area contributed by atoms with Crippen LogP contribution in [0.3, 0.4) is 0 Å². The molecule has 0 N–H and O–H groups in total. The highest BCUT2D eigenvalue weighted by Crippen LogP contribution is 2.13. The topological polar surface area (TPSA) is 0 Å². The molecule has 0 saturated carbocycles.